The minimum absolute atomic E-state index is 0.0443. The summed E-state index contributed by atoms with van der Waals surface area (Å²) in [5.41, 5.74) is 0.971. The van der Waals surface area contributed by atoms with E-state index in [1.165, 1.54) is 0 Å². The van der Waals surface area contributed by atoms with Crippen LogP contribution in [0.2, 0.25) is 0 Å². The molecule has 1 fully saturated rings. The second-order valence-corrected chi connectivity index (χ2v) is 4.99. The summed E-state index contributed by atoms with van der Waals surface area (Å²) in [4.78, 5) is 25.7. The Labute approximate surface area is 113 Å². The maximum absolute atomic E-state index is 12.1. The van der Waals surface area contributed by atoms with E-state index in [0.717, 1.165) is 17.1 Å². The van der Waals surface area contributed by atoms with E-state index in [0.29, 0.717) is 6.42 Å². The van der Waals surface area contributed by atoms with Crippen LogP contribution < -0.4 is 5.32 Å². The van der Waals surface area contributed by atoms with Gasteiger partial charge in [0.05, 0.1) is 12.6 Å². The molecule has 1 aromatic heterocycles. The average molecular weight is 264 g/mol. The molecule has 0 spiro atoms. The van der Waals surface area contributed by atoms with Crippen molar-refractivity contribution in [2.24, 2.45) is 0 Å². The van der Waals surface area contributed by atoms with Gasteiger partial charge < -0.3 is 14.6 Å². The third-order valence-corrected chi connectivity index (χ3v) is 3.67. The van der Waals surface area contributed by atoms with Gasteiger partial charge in [-0.25, -0.2) is 0 Å². The minimum Gasteiger partial charge on any atom is -0.466 e. The van der Waals surface area contributed by atoms with Crippen LogP contribution >= 0.6 is 0 Å². The van der Waals surface area contributed by atoms with Gasteiger partial charge >= 0.3 is 0 Å². The van der Waals surface area contributed by atoms with Crippen molar-refractivity contribution in [2.45, 2.75) is 46.2 Å². The average Bonchev–Trinajstić information content (AvgIpc) is 2.70. The Morgan fingerprint density at radius 3 is 2.68 bits per heavy atom. The predicted octanol–water partition coefficient (Wildman–Crippen LogP) is 1.69. The van der Waals surface area contributed by atoms with Gasteiger partial charge in [-0.2, -0.15) is 0 Å². The Kier molecular flexibility index (Phi) is 3.64. The first-order valence-electron chi connectivity index (χ1n) is 6.61. The SMILES string of the molecule is CCC1C(=O)NCC(=O)N1C(C)c1cc(C)oc1C. The van der Waals surface area contributed by atoms with Crippen LogP contribution in [0.3, 0.4) is 0 Å². The molecule has 2 atom stereocenters. The first kappa shape index (κ1) is 13.6. The Morgan fingerprint density at radius 2 is 2.16 bits per heavy atom. The molecule has 1 aromatic rings. The molecular formula is C14H20N2O3. The number of piperazine rings is 1. The van der Waals surface area contributed by atoms with Gasteiger partial charge in [-0.05, 0) is 33.3 Å². The Hall–Kier alpha value is -1.78. The van der Waals surface area contributed by atoms with Gasteiger partial charge in [-0.1, -0.05) is 6.92 Å². The zero-order chi connectivity index (χ0) is 14.2. The number of carbonyl (C=O) groups is 2. The van der Waals surface area contributed by atoms with E-state index in [1.807, 2.05) is 33.8 Å². The van der Waals surface area contributed by atoms with Gasteiger partial charge in [-0.3, -0.25) is 9.59 Å². The van der Waals surface area contributed by atoms with Gasteiger partial charge in [-0.15, -0.1) is 0 Å². The highest BCUT2D eigenvalue weighted by Gasteiger charge is 2.37. The molecule has 0 aliphatic carbocycles. The predicted molar refractivity (Wildman–Crippen MR) is 70.5 cm³/mol. The lowest BCUT2D eigenvalue weighted by atomic mass is 10.0. The summed E-state index contributed by atoms with van der Waals surface area (Å²) in [5, 5.41) is 2.64. The van der Waals surface area contributed by atoms with Crippen LogP contribution in [0.25, 0.3) is 0 Å². The molecule has 2 heterocycles. The monoisotopic (exact) mass is 264 g/mol. The molecule has 0 saturated carbocycles. The van der Waals surface area contributed by atoms with Crippen LogP contribution in [0.1, 0.15) is 43.4 Å². The fourth-order valence-electron chi connectivity index (χ4n) is 2.76. The molecule has 1 aliphatic heterocycles. The first-order valence-corrected chi connectivity index (χ1v) is 6.61. The number of furan rings is 1. The smallest absolute Gasteiger partial charge is 0.243 e. The molecule has 2 unspecified atom stereocenters. The number of rotatable bonds is 3. The molecule has 0 aromatic carbocycles. The van der Waals surface area contributed by atoms with Gasteiger partial charge in [0.15, 0.2) is 0 Å². The molecule has 1 aliphatic rings. The van der Waals surface area contributed by atoms with E-state index in [9.17, 15) is 9.59 Å². The van der Waals surface area contributed by atoms with Crippen molar-refractivity contribution in [3.63, 3.8) is 0 Å². The van der Waals surface area contributed by atoms with Crippen molar-refractivity contribution in [3.8, 4) is 0 Å². The number of nitrogens with zero attached hydrogens (tertiary/aromatic N) is 1. The largest absolute Gasteiger partial charge is 0.466 e. The first-order chi connectivity index (χ1) is 8.95. The number of hydrogen-bond donors (Lipinski definition) is 1. The van der Waals surface area contributed by atoms with E-state index in [2.05, 4.69) is 5.32 Å². The molecule has 0 bridgehead atoms. The van der Waals surface area contributed by atoms with Crippen molar-refractivity contribution in [2.75, 3.05) is 6.54 Å². The van der Waals surface area contributed by atoms with E-state index < -0.39 is 6.04 Å². The van der Waals surface area contributed by atoms with Crippen molar-refractivity contribution in [1.82, 2.24) is 10.2 Å². The second-order valence-electron chi connectivity index (χ2n) is 4.99. The lowest BCUT2D eigenvalue weighted by molar-refractivity contribution is -0.148. The van der Waals surface area contributed by atoms with Gasteiger partial charge in [0.1, 0.15) is 17.6 Å². The Morgan fingerprint density at radius 1 is 1.47 bits per heavy atom. The molecule has 104 valence electrons. The third-order valence-electron chi connectivity index (χ3n) is 3.67. The van der Waals surface area contributed by atoms with E-state index in [-0.39, 0.29) is 24.4 Å². The number of aryl methyl sites for hydroxylation is 2. The molecule has 1 saturated heterocycles. The number of amides is 2. The highest BCUT2D eigenvalue weighted by atomic mass is 16.3. The van der Waals surface area contributed by atoms with Crippen LogP contribution in [-0.4, -0.2) is 29.3 Å². The summed E-state index contributed by atoms with van der Waals surface area (Å²) in [5.74, 6) is 1.50. The Bertz CT molecular complexity index is 507. The zero-order valence-electron chi connectivity index (χ0n) is 11.8. The highest BCUT2D eigenvalue weighted by molar-refractivity contribution is 5.95. The minimum atomic E-state index is -0.397. The van der Waals surface area contributed by atoms with Gasteiger partial charge in [0.25, 0.3) is 0 Å². The van der Waals surface area contributed by atoms with Crippen LogP contribution in [0.4, 0.5) is 0 Å². The lowest BCUT2D eigenvalue weighted by Gasteiger charge is -2.38. The van der Waals surface area contributed by atoms with Gasteiger partial charge in [0.2, 0.25) is 11.8 Å². The van der Waals surface area contributed by atoms with Crippen molar-refractivity contribution in [1.29, 1.82) is 0 Å². The summed E-state index contributed by atoms with van der Waals surface area (Å²) in [6, 6.07) is 1.39. The molecule has 1 N–H and O–H groups in total. The molecule has 2 rings (SSSR count). The topological polar surface area (TPSA) is 62.6 Å². The summed E-state index contributed by atoms with van der Waals surface area (Å²) in [6.07, 6.45) is 0.609. The fraction of sp³-hybridized carbons (Fsp3) is 0.571. The summed E-state index contributed by atoms with van der Waals surface area (Å²) in [7, 11) is 0. The van der Waals surface area contributed by atoms with E-state index in [4.69, 9.17) is 4.42 Å². The molecule has 5 heteroatoms. The summed E-state index contributed by atoms with van der Waals surface area (Å²) in [6.45, 7) is 7.70. The van der Waals surface area contributed by atoms with E-state index >= 15 is 0 Å². The highest BCUT2D eigenvalue weighted by Crippen LogP contribution is 2.29. The summed E-state index contributed by atoms with van der Waals surface area (Å²) < 4.78 is 5.52. The Balaban J connectivity index is 2.34. The standard InChI is InChI=1S/C14H20N2O3/c1-5-12-14(18)15-7-13(17)16(12)9(3)11-6-8(2)19-10(11)4/h6,9,12H,5,7H2,1-4H3,(H,15,18). The quantitative estimate of drug-likeness (QED) is 0.903. The fourth-order valence-corrected chi connectivity index (χ4v) is 2.76. The number of carbonyl (C=O) groups excluding carboxylic acids is 2. The van der Waals surface area contributed by atoms with Crippen LogP contribution in [0.5, 0.6) is 0 Å². The normalized spacial score (nSPS) is 21.5. The lowest BCUT2D eigenvalue weighted by Crippen LogP contribution is -2.58. The van der Waals surface area contributed by atoms with Crippen LogP contribution in [0.15, 0.2) is 10.5 Å². The molecule has 19 heavy (non-hydrogen) atoms. The molecule has 0 radical (unpaired) electrons. The van der Waals surface area contributed by atoms with Crippen LogP contribution in [0, 0.1) is 13.8 Å². The maximum atomic E-state index is 12.1. The maximum Gasteiger partial charge on any atom is 0.243 e. The number of hydrogen-bond acceptors (Lipinski definition) is 3. The molecule has 5 nitrogen and oxygen atoms in total. The van der Waals surface area contributed by atoms with Crippen molar-refractivity contribution >= 4 is 11.8 Å². The van der Waals surface area contributed by atoms with Gasteiger partial charge in [0, 0.05) is 5.56 Å². The van der Waals surface area contributed by atoms with Crippen molar-refractivity contribution in [3.05, 3.63) is 23.2 Å². The number of nitrogens with one attached hydrogen (secondary N) is 1. The molecule has 2 amide bonds. The third kappa shape index (κ3) is 2.37. The second kappa shape index (κ2) is 5.07. The van der Waals surface area contributed by atoms with Crippen LogP contribution in [-0.2, 0) is 9.59 Å². The van der Waals surface area contributed by atoms with Crippen molar-refractivity contribution < 1.29 is 14.0 Å². The summed E-state index contributed by atoms with van der Waals surface area (Å²) >= 11 is 0. The molecular weight excluding hydrogens is 244 g/mol. The zero-order valence-corrected chi connectivity index (χ0v) is 11.8. The van der Waals surface area contributed by atoms with E-state index in [1.54, 1.807) is 4.90 Å².